The van der Waals surface area contributed by atoms with Crippen molar-refractivity contribution in [1.29, 1.82) is 0 Å². The Morgan fingerprint density at radius 1 is 0.806 bits per heavy atom. The summed E-state index contributed by atoms with van der Waals surface area (Å²) in [5.74, 6) is 0.198. The zero-order chi connectivity index (χ0) is 22.2. The topological polar surface area (TPSA) is 111 Å². The second kappa shape index (κ2) is 15.2. The highest BCUT2D eigenvalue weighted by molar-refractivity contribution is 5.92. The van der Waals surface area contributed by atoms with E-state index in [2.05, 4.69) is 15.3 Å². The molecule has 1 aliphatic heterocycles. The quantitative estimate of drug-likeness (QED) is 0.188. The third kappa shape index (κ3) is 11.5. The highest BCUT2D eigenvalue weighted by Gasteiger charge is 2.48. The Labute approximate surface area is 188 Å². The number of Topliss-reactive ketones (excluding diaryl/α,β-unsaturated/α-hetero) is 1. The summed E-state index contributed by atoms with van der Waals surface area (Å²) in [6.45, 7) is 0.807. The van der Waals surface area contributed by atoms with Crippen LogP contribution in [0.15, 0.2) is 12.5 Å². The largest absolute Gasteiger partial charge is 0.370 e. The van der Waals surface area contributed by atoms with Gasteiger partial charge in [-0.2, -0.15) is 0 Å². The number of primary amides is 1. The molecule has 1 aromatic rings. The summed E-state index contributed by atoms with van der Waals surface area (Å²) in [4.78, 5) is 30.3. The van der Waals surface area contributed by atoms with Gasteiger partial charge in [0.2, 0.25) is 5.91 Å². The number of unbranched alkanes of at least 4 members (excludes halogenated alkanes) is 14. The Morgan fingerprint density at radius 3 is 1.65 bits per heavy atom. The number of nitrogens with one attached hydrogen (secondary N) is 2. The molecule has 1 saturated heterocycles. The van der Waals surface area contributed by atoms with Gasteiger partial charge in [0.05, 0.1) is 11.9 Å². The van der Waals surface area contributed by atoms with E-state index in [9.17, 15) is 9.59 Å². The number of hydrogen-bond acceptors (Lipinski definition) is 4. The monoisotopic (exact) mass is 432 g/mol. The lowest BCUT2D eigenvalue weighted by atomic mass is 9.94. The number of H-pyrrole nitrogens is 1. The van der Waals surface area contributed by atoms with Crippen molar-refractivity contribution in [3.8, 4) is 0 Å². The molecule has 0 saturated carbocycles. The Hall–Kier alpha value is -1.69. The molecule has 1 aliphatic rings. The molecule has 1 aromatic heterocycles. The van der Waals surface area contributed by atoms with E-state index in [4.69, 9.17) is 5.73 Å². The van der Waals surface area contributed by atoms with Crippen molar-refractivity contribution < 1.29 is 9.59 Å². The van der Waals surface area contributed by atoms with Crippen LogP contribution in [0.3, 0.4) is 0 Å². The van der Waals surface area contributed by atoms with Gasteiger partial charge in [-0.05, 0) is 12.8 Å². The maximum Gasteiger partial charge on any atom is 0.217 e. The fraction of sp³-hybridized carbons (Fsp3) is 0.800. The fourth-order valence-electron chi connectivity index (χ4n) is 4.36. The minimum atomic E-state index is -0.308. The molecule has 2 heterocycles. The van der Waals surface area contributed by atoms with E-state index in [-0.39, 0.29) is 11.4 Å². The first-order chi connectivity index (χ1) is 15.1. The van der Waals surface area contributed by atoms with Crippen molar-refractivity contribution in [3.05, 3.63) is 18.2 Å². The Balaban J connectivity index is 1.30. The molecule has 1 atom stereocenters. The Morgan fingerprint density at radius 2 is 1.26 bits per heavy atom. The Kier molecular flexibility index (Phi) is 12.5. The average molecular weight is 433 g/mol. The van der Waals surface area contributed by atoms with Crippen LogP contribution in [0, 0.1) is 0 Å². The summed E-state index contributed by atoms with van der Waals surface area (Å²) in [5, 5.41) is 3.28. The van der Waals surface area contributed by atoms with Crippen LogP contribution in [-0.4, -0.2) is 33.7 Å². The molecule has 1 amide bonds. The van der Waals surface area contributed by atoms with Gasteiger partial charge in [0.25, 0.3) is 0 Å². The Bertz CT molecular complexity index is 611. The van der Waals surface area contributed by atoms with E-state index in [1.165, 1.54) is 77.0 Å². The van der Waals surface area contributed by atoms with E-state index in [0.29, 0.717) is 18.6 Å². The van der Waals surface area contributed by atoms with Crippen molar-refractivity contribution in [2.45, 2.75) is 121 Å². The maximum absolute atomic E-state index is 12.5. The molecule has 176 valence electrons. The van der Waals surface area contributed by atoms with Crippen molar-refractivity contribution in [2.24, 2.45) is 5.73 Å². The molecule has 31 heavy (non-hydrogen) atoms. The van der Waals surface area contributed by atoms with Crippen LogP contribution in [0.1, 0.15) is 115 Å². The van der Waals surface area contributed by atoms with Gasteiger partial charge in [-0.3, -0.25) is 9.59 Å². The molecule has 6 heteroatoms. The van der Waals surface area contributed by atoms with Gasteiger partial charge in [0.1, 0.15) is 0 Å². The van der Waals surface area contributed by atoms with Gasteiger partial charge < -0.3 is 16.0 Å². The SMILES string of the molecule is NC(=O)CCCCCCCCCCCCCCCCCC(=O)[C@@]1(Cc2cnc[nH]2)CN1. The number of rotatable bonds is 21. The number of nitrogens with two attached hydrogens (primary N) is 1. The molecule has 0 unspecified atom stereocenters. The molecule has 2 rings (SSSR count). The van der Waals surface area contributed by atoms with Crippen molar-refractivity contribution in [1.82, 2.24) is 15.3 Å². The molecule has 6 nitrogen and oxygen atoms in total. The van der Waals surface area contributed by atoms with Crippen LogP contribution in [0.4, 0.5) is 0 Å². The fourth-order valence-corrected chi connectivity index (χ4v) is 4.36. The molecule has 0 aliphatic carbocycles. The maximum atomic E-state index is 12.5. The number of carbonyl (C=O) groups is 2. The molecule has 1 fully saturated rings. The normalized spacial score (nSPS) is 17.7. The van der Waals surface area contributed by atoms with Gasteiger partial charge in [-0.25, -0.2) is 4.98 Å². The first-order valence-electron chi connectivity index (χ1n) is 12.7. The number of aromatic amines is 1. The first kappa shape index (κ1) is 25.6. The van der Waals surface area contributed by atoms with E-state index in [1.807, 2.05) is 6.20 Å². The molecular weight excluding hydrogens is 388 g/mol. The van der Waals surface area contributed by atoms with Gasteiger partial charge in [0.15, 0.2) is 5.78 Å². The number of imidazole rings is 1. The van der Waals surface area contributed by atoms with E-state index in [1.54, 1.807) is 6.33 Å². The molecule has 0 radical (unpaired) electrons. The third-order valence-electron chi connectivity index (χ3n) is 6.51. The van der Waals surface area contributed by atoms with Crippen molar-refractivity contribution >= 4 is 11.7 Å². The highest BCUT2D eigenvalue weighted by Crippen LogP contribution is 2.26. The van der Waals surface area contributed by atoms with Crippen molar-refractivity contribution in [2.75, 3.05) is 6.54 Å². The summed E-state index contributed by atoms with van der Waals surface area (Å²) in [6, 6.07) is 0. The zero-order valence-corrected chi connectivity index (χ0v) is 19.4. The summed E-state index contributed by atoms with van der Waals surface area (Å²) >= 11 is 0. The summed E-state index contributed by atoms with van der Waals surface area (Å²) in [5.41, 5.74) is 5.87. The molecule has 0 aromatic carbocycles. The van der Waals surface area contributed by atoms with Gasteiger partial charge >= 0.3 is 0 Å². The van der Waals surface area contributed by atoms with Crippen LogP contribution in [0.2, 0.25) is 0 Å². The lowest BCUT2D eigenvalue weighted by molar-refractivity contribution is -0.121. The summed E-state index contributed by atoms with van der Waals surface area (Å²) in [7, 11) is 0. The zero-order valence-electron chi connectivity index (χ0n) is 19.4. The van der Waals surface area contributed by atoms with Crippen molar-refractivity contribution in [3.63, 3.8) is 0 Å². The van der Waals surface area contributed by atoms with E-state index >= 15 is 0 Å². The van der Waals surface area contributed by atoms with Crippen LogP contribution < -0.4 is 11.1 Å². The molecule has 0 spiro atoms. The third-order valence-corrected chi connectivity index (χ3v) is 6.51. The highest BCUT2D eigenvalue weighted by atomic mass is 16.1. The van der Waals surface area contributed by atoms with E-state index < -0.39 is 0 Å². The molecule has 0 bridgehead atoms. The smallest absolute Gasteiger partial charge is 0.217 e. The average Bonchev–Trinajstić information content (AvgIpc) is 3.35. The predicted molar refractivity (Wildman–Crippen MR) is 126 cm³/mol. The lowest BCUT2D eigenvalue weighted by Gasteiger charge is -2.11. The van der Waals surface area contributed by atoms with Gasteiger partial charge in [-0.1, -0.05) is 83.5 Å². The number of amides is 1. The van der Waals surface area contributed by atoms with E-state index in [0.717, 1.165) is 37.9 Å². The lowest BCUT2D eigenvalue weighted by Crippen LogP contribution is -2.30. The van der Waals surface area contributed by atoms with Crippen LogP contribution in [0.5, 0.6) is 0 Å². The number of aromatic nitrogens is 2. The van der Waals surface area contributed by atoms with Crippen LogP contribution >= 0.6 is 0 Å². The minimum Gasteiger partial charge on any atom is -0.370 e. The van der Waals surface area contributed by atoms with Gasteiger partial charge in [-0.15, -0.1) is 0 Å². The standard InChI is InChI=1S/C25H44N4O2/c26-24(31)17-15-13-11-9-7-5-3-1-2-4-6-8-10-12-14-16-23(30)25(20-29-25)18-22-19-27-21-28-22/h19,21,29H,1-18,20H2,(H2,26,31)(H,27,28)/t25-/m1/s1. The second-order valence-electron chi connectivity index (χ2n) is 9.38. The molecular formula is C25H44N4O2. The van der Waals surface area contributed by atoms with Crippen LogP contribution in [-0.2, 0) is 16.0 Å². The number of nitrogens with zero attached hydrogens (tertiary/aromatic N) is 1. The second-order valence-corrected chi connectivity index (χ2v) is 9.38. The minimum absolute atomic E-state index is 0.170. The predicted octanol–water partition coefficient (Wildman–Crippen LogP) is 4.98. The summed E-state index contributed by atoms with van der Waals surface area (Å²) < 4.78 is 0. The number of carbonyl (C=O) groups excluding carboxylic acids is 2. The first-order valence-corrected chi connectivity index (χ1v) is 12.7. The van der Waals surface area contributed by atoms with Crippen LogP contribution in [0.25, 0.3) is 0 Å². The summed E-state index contributed by atoms with van der Waals surface area (Å²) in [6.07, 6.45) is 24.3. The molecule has 4 N–H and O–H groups in total. The number of hydrogen-bond donors (Lipinski definition) is 3. The van der Waals surface area contributed by atoms with Gasteiger partial charge in [0, 0.05) is 37.7 Å². The number of ketones is 1.